The summed E-state index contributed by atoms with van der Waals surface area (Å²) in [6, 6.07) is 8.62. The van der Waals surface area contributed by atoms with E-state index in [1.165, 1.54) is 0 Å². The number of benzene rings is 1. The Morgan fingerprint density at radius 2 is 1.85 bits per heavy atom. The Bertz CT molecular complexity index is 395. The van der Waals surface area contributed by atoms with Crippen molar-refractivity contribution in [3.8, 4) is 0 Å². The minimum absolute atomic E-state index is 0.292. The summed E-state index contributed by atoms with van der Waals surface area (Å²) in [5, 5.41) is -0.351. The van der Waals surface area contributed by atoms with E-state index in [0.29, 0.717) is 11.3 Å². The Kier molecular flexibility index (Phi) is 2.83. The average molecular weight is 196 g/mol. The first-order chi connectivity index (χ1) is 6.08. The lowest BCUT2D eigenvalue weighted by Crippen LogP contribution is -2.13. The van der Waals surface area contributed by atoms with Crippen molar-refractivity contribution < 1.29 is 4.79 Å². The fourth-order valence-electron chi connectivity index (χ4n) is 0.907. The number of hydrogen-bond donors (Lipinski definition) is 2. The standard InChI is InChI=1S/C9H12N2OS/c1-2-13(10,11)9(12)8-6-4-3-5-7-8/h3-7,10-11H,2H2,1H3. The first-order valence-corrected chi connectivity index (χ1v) is 5.78. The second-order valence-electron chi connectivity index (χ2n) is 2.68. The van der Waals surface area contributed by atoms with Gasteiger partial charge < -0.3 is 0 Å². The van der Waals surface area contributed by atoms with Crippen molar-refractivity contribution in [2.24, 2.45) is 0 Å². The molecule has 0 spiro atoms. The van der Waals surface area contributed by atoms with Gasteiger partial charge in [0.1, 0.15) is 0 Å². The van der Waals surface area contributed by atoms with Gasteiger partial charge in [-0.25, -0.2) is 0 Å². The fourth-order valence-corrected chi connectivity index (χ4v) is 1.71. The molecular formula is C9H12N2OS. The van der Waals surface area contributed by atoms with Crippen LogP contribution in [-0.2, 0) is 9.62 Å². The monoisotopic (exact) mass is 196 g/mol. The quantitative estimate of drug-likeness (QED) is 0.750. The molecule has 0 aliphatic heterocycles. The van der Waals surface area contributed by atoms with Crippen molar-refractivity contribution in [3.63, 3.8) is 0 Å². The third-order valence-corrected chi connectivity index (χ3v) is 3.49. The molecule has 0 saturated carbocycles. The molecule has 0 heterocycles. The summed E-state index contributed by atoms with van der Waals surface area (Å²) >= 11 is 0. The smallest absolute Gasteiger partial charge is 0.238 e. The molecule has 0 bridgehead atoms. The van der Waals surface area contributed by atoms with Gasteiger partial charge in [0.2, 0.25) is 5.12 Å². The zero-order chi connectivity index (χ0) is 9.90. The van der Waals surface area contributed by atoms with Crippen molar-refractivity contribution in [2.75, 3.05) is 5.75 Å². The molecule has 0 amide bonds. The van der Waals surface area contributed by atoms with Gasteiger partial charge in [0, 0.05) is 20.9 Å². The zero-order valence-electron chi connectivity index (χ0n) is 7.41. The average Bonchev–Trinajstić information content (AvgIpc) is 2.18. The van der Waals surface area contributed by atoms with Gasteiger partial charge in [-0.2, -0.15) is 0 Å². The predicted octanol–water partition coefficient (Wildman–Crippen LogP) is 2.53. The molecule has 0 unspecified atom stereocenters. The topological polar surface area (TPSA) is 64.8 Å². The molecule has 0 aliphatic rings. The van der Waals surface area contributed by atoms with Crippen molar-refractivity contribution >= 4 is 14.7 Å². The minimum atomic E-state index is -2.59. The first kappa shape index (κ1) is 9.92. The Hall–Kier alpha value is -1.16. The van der Waals surface area contributed by atoms with Crippen LogP contribution < -0.4 is 0 Å². The van der Waals surface area contributed by atoms with Crippen LogP contribution in [0.3, 0.4) is 0 Å². The SMILES string of the molecule is CCS(=N)(=N)C(=O)c1ccccc1. The van der Waals surface area contributed by atoms with E-state index in [1.807, 2.05) is 6.07 Å². The van der Waals surface area contributed by atoms with Crippen LogP contribution in [-0.4, -0.2) is 10.9 Å². The highest BCUT2D eigenvalue weighted by Gasteiger charge is 2.12. The summed E-state index contributed by atoms with van der Waals surface area (Å²) < 4.78 is 15.0. The van der Waals surface area contributed by atoms with Crippen molar-refractivity contribution in [2.45, 2.75) is 6.92 Å². The maximum atomic E-state index is 11.6. The molecular weight excluding hydrogens is 184 g/mol. The normalized spacial score (nSPS) is 11.2. The molecule has 3 nitrogen and oxygen atoms in total. The maximum absolute atomic E-state index is 11.6. The summed E-state index contributed by atoms with van der Waals surface area (Å²) in [4.78, 5) is 11.6. The summed E-state index contributed by atoms with van der Waals surface area (Å²) in [7, 11) is -2.59. The summed E-state index contributed by atoms with van der Waals surface area (Å²) in [5.41, 5.74) is 0.476. The van der Waals surface area contributed by atoms with Gasteiger partial charge in [-0.15, -0.1) is 0 Å². The van der Waals surface area contributed by atoms with Crippen LogP contribution in [0.25, 0.3) is 0 Å². The molecule has 70 valence electrons. The van der Waals surface area contributed by atoms with Crippen LogP contribution in [0, 0.1) is 9.56 Å². The third kappa shape index (κ3) is 2.15. The highest BCUT2D eigenvalue weighted by molar-refractivity contribution is 8.08. The second kappa shape index (κ2) is 3.70. The lowest BCUT2D eigenvalue weighted by atomic mass is 10.2. The molecule has 1 rings (SSSR count). The van der Waals surface area contributed by atoms with Gasteiger partial charge in [-0.05, 0) is 0 Å². The van der Waals surface area contributed by atoms with Crippen molar-refractivity contribution in [3.05, 3.63) is 35.9 Å². The Morgan fingerprint density at radius 1 is 1.31 bits per heavy atom. The van der Waals surface area contributed by atoms with E-state index in [-0.39, 0.29) is 5.12 Å². The van der Waals surface area contributed by atoms with E-state index < -0.39 is 9.62 Å². The van der Waals surface area contributed by atoms with E-state index in [4.69, 9.17) is 9.56 Å². The van der Waals surface area contributed by atoms with Gasteiger partial charge in [0.25, 0.3) is 0 Å². The molecule has 1 aromatic carbocycles. The molecule has 4 heteroatoms. The Balaban J connectivity index is 3.07. The molecule has 13 heavy (non-hydrogen) atoms. The van der Waals surface area contributed by atoms with E-state index >= 15 is 0 Å². The van der Waals surface area contributed by atoms with E-state index in [0.717, 1.165) is 0 Å². The second-order valence-corrected chi connectivity index (χ2v) is 5.11. The van der Waals surface area contributed by atoms with Crippen LogP contribution in [0.1, 0.15) is 17.3 Å². The molecule has 1 aromatic rings. The molecule has 0 aliphatic carbocycles. The van der Waals surface area contributed by atoms with Crippen molar-refractivity contribution in [1.82, 2.24) is 0 Å². The van der Waals surface area contributed by atoms with Crippen LogP contribution >= 0.6 is 0 Å². The van der Waals surface area contributed by atoms with Crippen molar-refractivity contribution in [1.29, 1.82) is 9.56 Å². The molecule has 0 fully saturated rings. The zero-order valence-corrected chi connectivity index (χ0v) is 8.23. The summed E-state index contributed by atoms with van der Waals surface area (Å²) in [6.07, 6.45) is 0. The van der Waals surface area contributed by atoms with Gasteiger partial charge in [-0.3, -0.25) is 14.4 Å². The fraction of sp³-hybridized carbons (Fsp3) is 0.222. The molecule has 0 saturated heterocycles. The summed E-state index contributed by atoms with van der Waals surface area (Å²) in [6.45, 7) is 1.70. The van der Waals surface area contributed by atoms with E-state index in [1.54, 1.807) is 31.2 Å². The van der Waals surface area contributed by atoms with Crippen LogP contribution in [0.15, 0.2) is 30.3 Å². The number of nitrogens with one attached hydrogen (secondary N) is 2. The number of carbonyl (C=O) groups is 1. The lowest BCUT2D eigenvalue weighted by molar-refractivity contribution is 0.108. The number of carbonyl (C=O) groups excluding carboxylic acids is 1. The van der Waals surface area contributed by atoms with Crippen LogP contribution in [0.4, 0.5) is 0 Å². The minimum Gasteiger partial charge on any atom is -0.280 e. The van der Waals surface area contributed by atoms with Gasteiger partial charge in [0.05, 0.1) is 0 Å². The maximum Gasteiger partial charge on any atom is 0.238 e. The molecule has 0 radical (unpaired) electrons. The number of hydrogen-bond acceptors (Lipinski definition) is 3. The lowest BCUT2D eigenvalue weighted by Gasteiger charge is -2.05. The Morgan fingerprint density at radius 3 is 2.31 bits per heavy atom. The number of rotatable bonds is 2. The predicted molar refractivity (Wildman–Crippen MR) is 54.1 cm³/mol. The highest BCUT2D eigenvalue weighted by atomic mass is 32.2. The van der Waals surface area contributed by atoms with E-state index in [9.17, 15) is 4.79 Å². The van der Waals surface area contributed by atoms with Gasteiger partial charge in [-0.1, -0.05) is 37.3 Å². The summed E-state index contributed by atoms with van der Waals surface area (Å²) in [5.74, 6) is 0.292. The molecule has 0 atom stereocenters. The van der Waals surface area contributed by atoms with Crippen LogP contribution in [0.2, 0.25) is 0 Å². The van der Waals surface area contributed by atoms with Gasteiger partial charge in [0.15, 0.2) is 0 Å². The third-order valence-electron chi connectivity index (χ3n) is 1.76. The molecule has 0 aromatic heterocycles. The first-order valence-electron chi connectivity index (χ1n) is 3.97. The largest absolute Gasteiger partial charge is 0.280 e. The van der Waals surface area contributed by atoms with Gasteiger partial charge >= 0.3 is 0 Å². The highest BCUT2D eigenvalue weighted by Crippen LogP contribution is 2.07. The van der Waals surface area contributed by atoms with Crippen LogP contribution in [0.5, 0.6) is 0 Å². The Labute approximate surface area is 78.2 Å². The molecule has 2 N–H and O–H groups in total. The van der Waals surface area contributed by atoms with E-state index in [2.05, 4.69) is 0 Å².